The van der Waals surface area contributed by atoms with Crippen molar-refractivity contribution >= 4 is 45.8 Å². The zero-order valence-corrected chi connectivity index (χ0v) is 21.1. The lowest BCUT2D eigenvalue weighted by Gasteiger charge is -2.19. The van der Waals surface area contributed by atoms with Crippen molar-refractivity contribution in [3.8, 4) is 22.6 Å². The van der Waals surface area contributed by atoms with E-state index in [9.17, 15) is 9.59 Å². The van der Waals surface area contributed by atoms with Gasteiger partial charge in [0.15, 0.2) is 5.15 Å². The Hall–Kier alpha value is -4.28. The Bertz CT molecular complexity index is 1700. The minimum atomic E-state index is -0.846. The highest BCUT2D eigenvalue weighted by atomic mass is 35.5. The number of amides is 1. The number of carbonyl (C=O) groups is 1. The SMILES string of the molecule is COc1cn(C(C)C(=O)Nc2ccc3nccnc3c2)c(=O)cc1-c1cc(Cl)ccc1-n1cc(Cl)nn1. The van der Waals surface area contributed by atoms with Crippen LogP contribution in [0, 0.1) is 0 Å². The van der Waals surface area contributed by atoms with Crippen molar-refractivity contribution in [1.82, 2.24) is 29.5 Å². The molecule has 3 aromatic heterocycles. The lowest BCUT2D eigenvalue weighted by atomic mass is 10.0. The number of halogens is 2. The molecule has 5 rings (SSSR count). The van der Waals surface area contributed by atoms with E-state index in [1.165, 1.54) is 34.8 Å². The van der Waals surface area contributed by atoms with Gasteiger partial charge < -0.3 is 10.1 Å². The Morgan fingerprint density at radius 1 is 1.00 bits per heavy atom. The standard InChI is InChI=1S/C25H19Cl2N7O3/c1-14(25(36)30-16-4-5-19-20(10-16)29-8-7-28-19)33-12-22(37-2)18(11-24(33)35)17-9-15(26)3-6-21(17)34-13-23(27)31-32-34/h3-14H,1-2H3,(H,30,36). The Kier molecular flexibility index (Phi) is 6.60. The number of methoxy groups -OCH3 is 1. The first kappa shape index (κ1) is 24.4. The van der Waals surface area contributed by atoms with Crippen LogP contribution in [0.4, 0.5) is 5.69 Å². The number of aromatic nitrogens is 6. The topological polar surface area (TPSA) is 117 Å². The fraction of sp³-hybridized carbons (Fsp3) is 0.120. The zero-order valence-electron chi connectivity index (χ0n) is 19.6. The lowest BCUT2D eigenvalue weighted by molar-refractivity contribution is -0.118. The second-order valence-corrected chi connectivity index (χ2v) is 8.90. The number of benzene rings is 2. The first-order valence-electron chi connectivity index (χ1n) is 11.0. The number of anilines is 1. The molecule has 0 aliphatic carbocycles. The summed E-state index contributed by atoms with van der Waals surface area (Å²) in [6, 6.07) is 10.9. The molecule has 1 atom stereocenters. The largest absolute Gasteiger partial charge is 0.495 e. The van der Waals surface area contributed by atoms with Crippen LogP contribution in [0.25, 0.3) is 27.8 Å². The van der Waals surface area contributed by atoms with Gasteiger partial charge in [0.1, 0.15) is 11.8 Å². The van der Waals surface area contributed by atoms with Gasteiger partial charge in [-0.25, -0.2) is 4.68 Å². The van der Waals surface area contributed by atoms with Crippen LogP contribution in [-0.2, 0) is 4.79 Å². The summed E-state index contributed by atoms with van der Waals surface area (Å²) in [4.78, 5) is 34.7. The number of rotatable bonds is 6. The average Bonchev–Trinajstić information content (AvgIpc) is 3.33. The third-order valence-corrected chi connectivity index (χ3v) is 6.17. The molecule has 37 heavy (non-hydrogen) atoms. The summed E-state index contributed by atoms with van der Waals surface area (Å²) in [5, 5.41) is 11.3. The molecule has 0 bridgehead atoms. The van der Waals surface area contributed by atoms with Crippen LogP contribution in [0.5, 0.6) is 5.75 Å². The monoisotopic (exact) mass is 535 g/mol. The van der Waals surface area contributed by atoms with Crippen LogP contribution in [-0.4, -0.2) is 42.5 Å². The molecule has 1 N–H and O–H groups in total. The van der Waals surface area contributed by atoms with Crippen LogP contribution < -0.4 is 15.6 Å². The van der Waals surface area contributed by atoms with Gasteiger partial charge in [-0.2, -0.15) is 0 Å². The van der Waals surface area contributed by atoms with Gasteiger partial charge in [-0.1, -0.05) is 28.4 Å². The molecule has 12 heteroatoms. The molecule has 2 aromatic carbocycles. The molecule has 0 spiro atoms. The molecular weight excluding hydrogens is 517 g/mol. The molecule has 0 aliphatic rings. The summed E-state index contributed by atoms with van der Waals surface area (Å²) >= 11 is 12.2. The van der Waals surface area contributed by atoms with E-state index >= 15 is 0 Å². The first-order chi connectivity index (χ1) is 17.8. The number of nitrogens with zero attached hydrogens (tertiary/aromatic N) is 6. The van der Waals surface area contributed by atoms with Crippen molar-refractivity contribution in [2.45, 2.75) is 13.0 Å². The second kappa shape index (κ2) is 10.00. The summed E-state index contributed by atoms with van der Waals surface area (Å²) in [6.07, 6.45) is 6.20. The maximum absolute atomic E-state index is 13.2. The molecular formula is C25H19Cl2N7O3. The highest BCUT2D eigenvalue weighted by Crippen LogP contribution is 2.35. The van der Waals surface area contributed by atoms with Gasteiger partial charge in [0.25, 0.3) is 5.56 Å². The van der Waals surface area contributed by atoms with E-state index in [1.807, 2.05) is 0 Å². The number of fused-ring (bicyclic) bond motifs is 1. The van der Waals surface area contributed by atoms with Crippen molar-refractivity contribution in [1.29, 1.82) is 0 Å². The average molecular weight is 536 g/mol. The molecule has 0 saturated heterocycles. The first-order valence-corrected chi connectivity index (χ1v) is 11.8. The number of pyridine rings is 1. The molecule has 1 amide bonds. The maximum Gasteiger partial charge on any atom is 0.252 e. The predicted molar refractivity (Wildman–Crippen MR) is 141 cm³/mol. The Balaban J connectivity index is 1.50. The highest BCUT2D eigenvalue weighted by molar-refractivity contribution is 6.31. The smallest absolute Gasteiger partial charge is 0.252 e. The number of nitrogens with one attached hydrogen (secondary N) is 1. The predicted octanol–water partition coefficient (Wildman–Crippen LogP) is 4.55. The minimum Gasteiger partial charge on any atom is -0.495 e. The van der Waals surface area contributed by atoms with Crippen LogP contribution >= 0.6 is 23.2 Å². The molecule has 186 valence electrons. The van der Waals surface area contributed by atoms with Crippen LogP contribution in [0.3, 0.4) is 0 Å². The van der Waals surface area contributed by atoms with Crippen molar-refractivity contribution in [3.63, 3.8) is 0 Å². The Morgan fingerprint density at radius 3 is 2.51 bits per heavy atom. The van der Waals surface area contributed by atoms with Gasteiger partial charge in [0.2, 0.25) is 5.91 Å². The maximum atomic E-state index is 13.2. The number of ether oxygens (including phenoxy) is 1. The summed E-state index contributed by atoms with van der Waals surface area (Å²) < 4.78 is 8.38. The van der Waals surface area contributed by atoms with E-state index in [4.69, 9.17) is 27.9 Å². The van der Waals surface area contributed by atoms with Crippen molar-refractivity contribution in [2.24, 2.45) is 0 Å². The quantitative estimate of drug-likeness (QED) is 0.338. The summed E-state index contributed by atoms with van der Waals surface area (Å²) in [5.74, 6) is -0.0317. The van der Waals surface area contributed by atoms with Gasteiger partial charge in [-0.3, -0.25) is 24.1 Å². The number of hydrogen-bond donors (Lipinski definition) is 1. The van der Waals surface area contributed by atoms with Gasteiger partial charge in [0.05, 0.1) is 36.2 Å². The van der Waals surface area contributed by atoms with Gasteiger partial charge in [-0.05, 0) is 43.3 Å². The van der Waals surface area contributed by atoms with E-state index in [0.717, 1.165) is 0 Å². The van der Waals surface area contributed by atoms with Crippen molar-refractivity contribution in [2.75, 3.05) is 12.4 Å². The van der Waals surface area contributed by atoms with Crippen molar-refractivity contribution in [3.05, 3.63) is 87.8 Å². The third kappa shape index (κ3) is 4.89. The normalized spacial score (nSPS) is 11.9. The summed E-state index contributed by atoms with van der Waals surface area (Å²) in [7, 11) is 1.48. The fourth-order valence-electron chi connectivity index (χ4n) is 3.90. The minimum absolute atomic E-state index is 0.210. The van der Waals surface area contributed by atoms with Crippen LogP contribution in [0.2, 0.25) is 10.2 Å². The molecule has 5 aromatic rings. The molecule has 3 heterocycles. The molecule has 0 fully saturated rings. The molecule has 0 aliphatic heterocycles. The Labute approximate surface area is 220 Å². The molecule has 0 radical (unpaired) electrons. The molecule has 1 unspecified atom stereocenters. The summed E-state index contributed by atoms with van der Waals surface area (Å²) in [5.41, 5.74) is 3.10. The summed E-state index contributed by atoms with van der Waals surface area (Å²) in [6.45, 7) is 1.62. The van der Waals surface area contributed by atoms with E-state index in [2.05, 4.69) is 25.6 Å². The Morgan fingerprint density at radius 2 is 1.78 bits per heavy atom. The van der Waals surface area contributed by atoms with Crippen molar-refractivity contribution < 1.29 is 9.53 Å². The fourth-order valence-corrected chi connectivity index (χ4v) is 4.20. The second-order valence-electron chi connectivity index (χ2n) is 8.07. The third-order valence-electron chi connectivity index (χ3n) is 5.76. The van der Waals surface area contributed by atoms with E-state index in [-0.39, 0.29) is 11.1 Å². The number of hydrogen-bond acceptors (Lipinski definition) is 7. The van der Waals surface area contributed by atoms with Crippen LogP contribution in [0.1, 0.15) is 13.0 Å². The highest BCUT2D eigenvalue weighted by Gasteiger charge is 2.21. The molecule has 0 saturated carbocycles. The van der Waals surface area contributed by atoms with E-state index in [1.54, 1.807) is 55.7 Å². The van der Waals surface area contributed by atoms with Crippen LogP contribution in [0.15, 0.2) is 72.0 Å². The number of carbonyl (C=O) groups excluding carboxylic acids is 1. The van der Waals surface area contributed by atoms with Gasteiger partial charge in [-0.15, -0.1) is 5.10 Å². The van der Waals surface area contributed by atoms with Gasteiger partial charge >= 0.3 is 0 Å². The molecule has 10 nitrogen and oxygen atoms in total. The lowest BCUT2D eigenvalue weighted by Crippen LogP contribution is -2.31. The van der Waals surface area contributed by atoms with E-state index in [0.29, 0.717) is 44.3 Å². The zero-order chi connectivity index (χ0) is 26.1. The van der Waals surface area contributed by atoms with E-state index < -0.39 is 11.6 Å². The van der Waals surface area contributed by atoms with Gasteiger partial charge in [0, 0.05) is 40.3 Å².